The summed E-state index contributed by atoms with van der Waals surface area (Å²) in [7, 11) is 0. The molecular weight excluding hydrogens is 444 g/mol. The Hall–Kier alpha value is -2.83. The van der Waals surface area contributed by atoms with Crippen LogP contribution in [0.3, 0.4) is 0 Å². The van der Waals surface area contributed by atoms with E-state index >= 15 is 0 Å². The largest absolute Gasteiger partial charge is 0.491 e. The molecule has 3 rings (SSSR count). The van der Waals surface area contributed by atoms with Gasteiger partial charge in [0.15, 0.2) is 0 Å². The number of aliphatic hydroxyl groups excluding tert-OH is 1. The highest BCUT2D eigenvalue weighted by atomic mass is 16.6. The lowest BCUT2D eigenvalue weighted by Gasteiger charge is -2.13. The monoisotopic (exact) mass is 484 g/mol. The van der Waals surface area contributed by atoms with Gasteiger partial charge in [0.2, 0.25) is 0 Å². The van der Waals surface area contributed by atoms with Gasteiger partial charge < -0.3 is 24.1 Å². The van der Waals surface area contributed by atoms with Crippen molar-refractivity contribution in [1.82, 2.24) is 0 Å². The zero-order chi connectivity index (χ0) is 25.6. The molecule has 1 aliphatic rings. The first-order valence-corrected chi connectivity index (χ1v) is 12.4. The Kier molecular flexibility index (Phi) is 12.4. The van der Waals surface area contributed by atoms with Crippen LogP contribution in [0.15, 0.2) is 61.2 Å². The Balaban J connectivity index is 0.000000256. The molecule has 0 spiro atoms. The second-order valence-electron chi connectivity index (χ2n) is 8.82. The van der Waals surface area contributed by atoms with Crippen molar-refractivity contribution in [3.8, 4) is 11.5 Å². The Morgan fingerprint density at radius 1 is 0.971 bits per heavy atom. The van der Waals surface area contributed by atoms with Crippen LogP contribution in [-0.2, 0) is 14.3 Å². The van der Waals surface area contributed by atoms with Gasteiger partial charge in [-0.15, -0.1) is 0 Å². The number of epoxide rings is 1. The molecule has 0 amide bonds. The van der Waals surface area contributed by atoms with Gasteiger partial charge in [-0.1, -0.05) is 58.5 Å². The van der Waals surface area contributed by atoms with Gasteiger partial charge in [0, 0.05) is 6.08 Å². The summed E-state index contributed by atoms with van der Waals surface area (Å²) in [5.74, 6) is 2.23. The van der Waals surface area contributed by atoms with Gasteiger partial charge in [-0.2, -0.15) is 0 Å². The summed E-state index contributed by atoms with van der Waals surface area (Å²) >= 11 is 0. The first-order chi connectivity index (χ1) is 16.9. The van der Waals surface area contributed by atoms with Gasteiger partial charge >= 0.3 is 5.97 Å². The highest BCUT2D eigenvalue weighted by Crippen LogP contribution is 2.23. The summed E-state index contributed by atoms with van der Waals surface area (Å²) < 4.78 is 20.8. The molecule has 1 aliphatic heterocycles. The molecule has 2 aromatic carbocycles. The number of hydrogen-bond acceptors (Lipinski definition) is 6. The fourth-order valence-corrected chi connectivity index (χ4v) is 3.09. The maximum absolute atomic E-state index is 10.8. The molecule has 6 nitrogen and oxygen atoms in total. The van der Waals surface area contributed by atoms with Crippen LogP contribution in [-0.4, -0.2) is 49.7 Å². The van der Waals surface area contributed by atoms with E-state index in [1.807, 2.05) is 36.4 Å². The number of ether oxygens (including phenoxy) is 4. The van der Waals surface area contributed by atoms with Gasteiger partial charge in [-0.3, -0.25) is 0 Å². The number of esters is 1. The second kappa shape index (κ2) is 15.2. The predicted molar refractivity (Wildman–Crippen MR) is 138 cm³/mol. The topological polar surface area (TPSA) is 77.5 Å². The minimum absolute atomic E-state index is 0.0765. The van der Waals surface area contributed by atoms with Gasteiger partial charge in [-0.25, -0.2) is 4.79 Å². The molecule has 0 saturated carbocycles. The molecule has 1 saturated heterocycles. The van der Waals surface area contributed by atoms with Crippen LogP contribution < -0.4 is 9.47 Å². The van der Waals surface area contributed by atoms with Crippen LogP contribution in [0.2, 0.25) is 0 Å². The van der Waals surface area contributed by atoms with E-state index in [9.17, 15) is 9.90 Å². The number of aliphatic hydroxyl groups is 1. The molecule has 0 radical (unpaired) electrons. The molecule has 1 fully saturated rings. The van der Waals surface area contributed by atoms with E-state index in [1.165, 1.54) is 17.5 Å². The third-order valence-corrected chi connectivity index (χ3v) is 5.99. The third-order valence-electron chi connectivity index (χ3n) is 5.99. The summed E-state index contributed by atoms with van der Waals surface area (Å²) in [6.07, 6.45) is 2.80. The van der Waals surface area contributed by atoms with E-state index in [-0.39, 0.29) is 13.2 Å². The number of carbonyl (C=O) groups excluding carboxylic acids is 1. The summed E-state index contributed by atoms with van der Waals surface area (Å²) in [5.41, 5.74) is 2.65. The Morgan fingerprint density at radius 3 is 1.89 bits per heavy atom. The normalized spacial score (nSPS) is 16.7. The average Bonchev–Trinajstić information content (AvgIpc) is 3.74. The maximum atomic E-state index is 10.8. The standard InChI is InChI=1S/C16H22O4.C13H18O2/c1-4-12(3)13-6-8-15(9-7-13)19-10-14(17)11-20-16(18)5-2;1-3-10(2)11-4-6-12(7-5-11)14-8-13-9-15-13/h5-9,12,14,17H,2,4,10-11H2,1,3H3;4-7,10,13H,3,8-9H2,1-2H3. The van der Waals surface area contributed by atoms with Crippen LogP contribution in [0.5, 0.6) is 11.5 Å². The quantitative estimate of drug-likeness (QED) is 0.225. The van der Waals surface area contributed by atoms with Crippen molar-refractivity contribution in [2.24, 2.45) is 0 Å². The number of hydrogen-bond donors (Lipinski definition) is 1. The molecule has 0 aromatic heterocycles. The zero-order valence-electron chi connectivity index (χ0n) is 21.4. The fourth-order valence-electron chi connectivity index (χ4n) is 3.09. The van der Waals surface area contributed by atoms with Crippen LogP contribution in [0.25, 0.3) is 0 Å². The molecule has 192 valence electrons. The summed E-state index contributed by atoms with van der Waals surface area (Å²) in [6, 6.07) is 16.2. The molecule has 1 N–H and O–H groups in total. The first-order valence-electron chi connectivity index (χ1n) is 12.4. The van der Waals surface area contributed by atoms with Crippen molar-refractivity contribution in [2.75, 3.05) is 26.4 Å². The smallest absolute Gasteiger partial charge is 0.330 e. The van der Waals surface area contributed by atoms with Gasteiger partial charge in [0.25, 0.3) is 0 Å². The van der Waals surface area contributed by atoms with Gasteiger partial charge in [0.05, 0.1) is 6.61 Å². The molecule has 4 unspecified atom stereocenters. The van der Waals surface area contributed by atoms with Crippen molar-refractivity contribution >= 4 is 5.97 Å². The lowest BCUT2D eigenvalue weighted by atomic mass is 9.99. The van der Waals surface area contributed by atoms with E-state index in [2.05, 4.69) is 46.4 Å². The van der Waals surface area contributed by atoms with Crippen molar-refractivity contribution in [2.45, 2.75) is 64.6 Å². The van der Waals surface area contributed by atoms with Crippen LogP contribution in [0.4, 0.5) is 0 Å². The summed E-state index contributed by atoms with van der Waals surface area (Å²) in [6.45, 7) is 13.6. The highest BCUT2D eigenvalue weighted by Gasteiger charge is 2.23. The van der Waals surface area contributed by atoms with Crippen LogP contribution in [0.1, 0.15) is 63.5 Å². The molecule has 1 heterocycles. The van der Waals surface area contributed by atoms with E-state index in [4.69, 9.17) is 18.9 Å². The van der Waals surface area contributed by atoms with E-state index in [0.29, 0.717) is 30.3 Å². The molecule has 6 heteroatoms. The molecule has 2 aromatic rings. The first kappa shape index (κ1) is 28.4. The highest BCUT2D eigenvalue weighted by molar-refractivity contribution is 5.81. The van der Waals surface area contributed by atoms with E-state index < -0.39 is 12.1 Å². The third kappa shape index (κ3) is 11.0. The second-order valence-corrected chi connectivity index (χ2v) is 8.82. The maximum Gasteiger partial charge on any atom is 0.330 e. The zero-order valence-corrected chi connectivity index (χ0v) is 21.4. The number of rotatable bonds is 13. The van der Waals surface area contributed by atoms with E-state index in [0.717, 1.165) is 24.9 Å². The SMILES string of the molecule is C=CC(=O)OCC(O)COc1ccc(C(C)CC)cc1.CCC(C)c1ccc(OCC2CO2)cc1. The Labute approximate surface area is 209 Å². The Morgan fingerprint density at radius 2 is 1.46 bits per heavy atom. The van der Waals surface area contributed by atoms with Crippen molar-refractivity contribution in [1.29, 1.82) is 0 Å². The minimum Gasteiger partial charge on any atom is -0.491 e. The lowest BCUT2D eigenvalue weighted by molar-refractivity contribution is -0.141. The molecule has 35 heavy (non-hydrogen) atoms. The molecule has 0 bridgehead atoms. The number of carbonyl (C=O) groups is 1. The van der Waals surface area contributed by atoms with E-state index in [1.54, 1.807) is 0 Å². The predicted octanol–water partition coefficient (Wildman–Crippen LogP) is 5.65. The molecular formula is C29H40O6. The van der Waals surface area contributed by atoms with Crippen molar-refractivity contribution < 1.29 is 28.8 Å². The lowest BCUT2D eigenvalue weighted by Crippen LogP contribution is -2.24. The minimum atomic E-state index is -0.854. The fraction of sp³-hybridized carbons (Fsp3) is 0.483. The van der Waals surface area contributed by atoms with Crippen LogP contribution >= 0.6 is 0 Å². The summed E-state index contributed by atoms with van der Waals surface area (Å²) in [5, 5.41) is 9.60. The van der Waals surface area contributed by atoms with Gasteiger partial charge in [-0.05, 0) is 60.1 Å². The van der Waals surface area contributed by atoms with Crippen molar-refractivity contribution in [3.63, 3.8) is 0 Å². The molecule has 4 atom stereocenters. The molecule has 0 aliphatic carbocycles. The van der Waals surface area contributed by atoms with Crippen LogP contribution in [0, 0.1) is 0 Å². The average molecular weight is 485 g/mol. The van der Waals surface area contributed by atoms with Gasteiger partial charge in [0.1, 0.15) is 43.5 Å². The Bertz CT molecular complexity index is 873. The van der Waals surface area contributed by atoms with Crippen molar-refractivity contribution in [3.05, 3.63) is 72.3 Å². The summed E-state index contributed by atoms with van der Waals surface area (Å²) in [4.78, 5) is 10.8. The number of benzene rings is 2.